The number of nitrogens with zero attached hydrogens (tertiary/aromatic N) is 2. The predicted octanol–water partition coefficient (Wildman–Crippen LogP) is 1.65. The van der Waals surface area contributed by atoms with Crippen molar-refractivity contribution in [1.29, 1.82) is 0 Å². The van der Waals surface area contributed by atoms with Crippen LogP contribution in [0.15, 0.2) is 35.1 Å². The highest BCUT2D eigenvalue weighted by Gasteiger charge is 2.55. The summed E-state index contributed by atoms with van der Waals surface area (Å²) in [7, 11) is -3.29. The van der Waals surface area contributed by atoms with Crippen molar-refractivity contribution in [3.8, 4) is 0 Å². The molecule has 1 aromatic heterocycles. The molecule has 1 aliphatic heterocycles. The first-order chi connectivity index (χ1) is 15.6. The molecule has 4 rings (SSSR count). The molecule has 0 atom stereocenters. The van der Waals surface area contributed by atoms with Gasteiger partial charge < -0.3 is 14.8 Å². The van der Waals surface area contributed by atoms with Crippen LogP contribution in [-0.4, -0.2) is 53.3 Å². The first-order valence-corrected chi connectivity index (χ1v) is 12.5. The minimum Gasteiger partial charge on any atom is -0.348 e. The molecule has 2 heterocycles. The van der Waals surface area contributed by atoms with E-state index in [2.05, 4.69) is 5.32 Å². The van der Waals surface area contributed by atoms with Gasteiger partial charge in [-0.05, 0) is 49.1 Å². The Hall–Kier alpha value is -3.01. The Balaban J connectivity index is 1.49. The molecule has 2 amide bonds. The van der Waals surface area contributed by atoms with E-state index in [0.717, 1.165) is 0 Å². The fourth-order valence-electron chi connectivity index (χ4n) is 4.18. The lowest BCUT2D eigenvalue weighted by molar-refractivity contribution is 0.0695. The largest absolute Gasteiger partial charge is 0.348 e. The normalized spacial score (nSPS) is 16.9. The molecule has 2 aromatic rings. The average molecular weight is 476 g/mol. The van der Waals surface area contributed by atoms with Crippen LogP contribution in [0.1, 0.15) is 51.7 Å². The Labute approximate surface area is 191 Å². The Bertz CT molecular complexity index is 1300. The Morgan fingerprint density at radius 3 is 2.52 bits per heavy atom. The maximum atomic E-state index is 13.7. The molecule has 0 bridgehead atoms. The molecule has 8 nitrogen and oxygen atoms in total. The third-order valence-corrected chi connectivity index (χ3v) is 9.15. The minimum absolute atomic E-state index is 0.0266. The smallest absolute Gasteiger partial charge is 0.270 e. The minimum atomic E-state index is -3.29. The molecule has 33 heavy (non-hydrogen) atoms. The molecule has 1 aromatic carbocycles. The van der Waals surface area contributed by atoms with Gasteiger partial charge in [0.15, 0.2) is 9.84 Å². The highest BCUT2D eigenvalue weighted by atomic mass is 32.2. The van der Waals surface area contributed by atoms with Crippen molar-refractivity contribution >= 4 is 21.7 Å². The van der Waals surface area contributed by atoms with Crippen molar-refractivity contribution in [2.75, 3.05) is 18.8 Å². The second-order valence-corrected chi connectivity index (χ2v) is 11.3. The summed E-state index contributed by atoms with van der Waals surface area (Å²) in [5.41, 5.74) is 0.492. The quantitative estimate of drug-likeness (QED) is 0.656. The van der Waals surface area contributed by atoms with Crippen LogP contribution in [0.2, 0.25) is 0 Å². The Kier molecular flexibility index (Phi) is 5.90. The van der Waals surface area contributed by atoms with Gasteiger partial charge in [-0.15, -0.1) is 0 Å². The Morgan fingerprint density at radius 2 is 1.88 bits per heavy atom. The number of carbonyl (C=O) groups excluding carboxylic acids is 2. The van der Waals surface area contributed by atoms with Crippen LogP contribution in [0.5, 0.6) is 0 Å². The lowest BCUT2D eigenvalue weighted by Gasteiger charge is -2.32. The third-order valence-electron chi connectivity index (χ3n) is 6.53. The molecule has 0 spiro atoms. The lowest BCUT2D eigenvalue weighted by Crippen LogP contribution is -2.50. The van der Waals surface area contributed by atoms with Crippen molar-refractivity contribution in [3.63, 3.8) is 0 Å². The van der Waals surface area contributed by atoms with Gasteiger partial charge in [-0.3, -0.25) is 14.4 Å². The zero-order valence-corrected chi connectivity index (χ0v) is 19.4. The summed E-state index contributed by atoms with van der Waals surface area (Å²) >= 11 is 0. The van der Waals surface area contributed by atoms with Gasteiger partial charge in [0.25, 0.3) is 17.4 Å². The van der Waals surface area contributed by atoms with Crippen LogP contribution in [0, 0.1) is 12.7 Å². The molecule has 0 saturated heterocycles. The lowest BCUT2D eigenvalue weighted by atomic mass is 10.1. The second-order valence-electron chi connectivity index (χ2n) is 8.67. The number of halogens is 1. The topological polar surface area (TPSA) is 106 Å². The zero-order chi connectivity index (χ0) is 24.0. The molecular formula is C23H26FN3O5S. The number of nitrogens with one attached hydrogen (secondary N) is 1. The summed E-state index contributed by atoms with van der Waals surface area (Å²) in [6.07, 6.45) is 1.06. The summed E-state index contributed by atoms with van der Waals surface area (Å²) in [6, 6.07) is 7.35. The van der Waals surface area contributed by atoms with Crippen molar-refractivity contribution in [1.82, 2.24) is 14.8 Å². The van der Waals surface area contributed by atoms with Gasteiger partial charge in [-0.2, -0.15) is 0 Å². The number of rotatable bonds is 7. The number of benzene rings is 1. The van der Waals surface area contributed by atoms with E-state index in [4.69, 9.17) is 0 Å². The molecule has 1 fully saturated rings. The van der Waals surface area contributed by atoms with Gasteiger partial charge in [-0.1, -0.05) is 19.1 Å². The number of pyridine rings is 1. The maximum absolute atomic E-state index is 13.7. The maximum Gasteiger partial charge on any atom is 0.270 e. The molecule has 1 aliphatic carbocycles. The van der Waals surface area contributed by atoms with Crippen LogP contribution >= 0.6 is 0 Å². The number of carbonyl (C=O) groups is 2. The van der Waals surface area contributed by atoms with Crippen LogP contribution in [0.3, 0.4) is 0 Å². The van der Waals surface area contributed by atoms with E-state index in [-0.39, 0.29) is 49.0 Å². The van der Waals surface area contributed by atoms with Gasteiger partial charge in [0.1, 0.15) is 17.1 Å². The number of aryl methyl sites for hydroxylation is 1. The van der Waals surface area contributed by atoms with Crippen LogP contribution in [0.25, 0.3) is 0 Å². The van der Waals surface area contributed by atoms with Crippen molar-refractivity contribution in [2.24, 2.45) is 0 Å². The summed E-state index contributed by atoms with van der Waals surface area (Å²) in [4.78, 5) is 39.9. The average Bonchev–Trinajstić information content (AvgIpc) is 3.58. The standard InChI is InChI=1S/C23H26FN3O5S/c1-3-33(31,32)23(8-9-23)14-26-10-11-27-19(22(26)30)7-6-17(21(27)29)20(28)25-13-16-5-4-15(2)18(24)12-16/h4-7,12H,3,8-11,13-14H2,1-2H3,(H,25,28). The SMILES string of the molecule is CCS(=O)(=O)C1(CN2CCn3c(ccc(C(=O)NCc4ccc(C)c(F)c4)c3=O)C2=O)CC1. The number of hydrogen-bond donors (Lipinski definition) is 1. The van der Waals surface area contributed by atoms with Gasteiger partial charge in [0, 0.05) is 31.9 Å². The van der Waals surface area contributed by atoms with Gasteiger partial charge in [0.05, 0.1) is 4.75 Å². The number of aromatic nitrogens is 1. The summed E-state index contributed by atoms with van der Waals surface area (Å²) in [5, 5.41) is 2.61. The van der Waals surface area contributed by atoms with Crippen molar-refractivity contribution < 1.29 is 22.4 Å². The van der Waals surface area contributed by atoms with E-state index in [9.17, 15) is 27.2 Å². The fourth-order valence-corrected chi connectivity index (χ4v) is 5.87. The van der Waals surface area contributed by atoms with E-state index in [1.165, 1.54) is 27.7 Å². The highest BCUT2D eigenvalue weighted by Crippen LogP contribution is 2.45. The van der Waals surface area contributed by atoms with Crippen LogP contribution < -0.4 is 10.9 Å². The summed E-state index contributed by atoms with van der Waals surface area (Å²) in [5.74, 6) is -1.38. The fraction of sp³-hybridized carbons (Fsp3) is 0.435. The molecule has 0 radical (unpaired) electrons. The van der Waals surface area contributed by atoms with E-state index < -0.39 is 32.0 Å². The predicted molar refractivity (Wildman–Crippen MR) is 120 cm³/mol. The number of fused-ring (bicyclic) bond motifs is 1. The molecule has 176 valence electrons. The number of sulfone groups is 1. The molecule has 2 aliphatic rings. The molecule has 10 heteroatoms. The van der Waals surface area contributed by atoms with E-state index in [0.29, 0.717) is 24.0 Å². The van der Waals surface area contributed by atoms with Gasteiger partial charge in [0.2, 0.25) is 0 Å². The number of amides is 2. The molecular weight excluding hydrogens is 449 g/mol. The summed E-state index contributed by atoms with van der Waals surface area (Å²) < 4.78 is 38.9. The van der Waals surface area contributed by atoms with E-state index in [1.807, 2.05) is 0 Å². The van der Waals surface area contributed by atoms with E-state index >= 15 is 0 Å². The summed E-state index contributed by atoms with van der Waals surface area (Å²) in [6.45, 7) is 3.78. The highest BCUT2D eigenvalue weighted by molar-refractivity contribution is 7.93. The first-order valence-electron chi connectivity index (χ1n) is 10.9. The molecule has 1 saturated carbocycles. The zero-order valence-electron chi connectivity index (χ0n) is 18.6. The Morgan fingerprint density at radius 1 is 1.15 bits per heavy atom. The third kappa shape index (κ3) is 4.19. The first kappa shape index (κ1) is 23.2. The van der Waals surface area contributed by atoms with Crippen LogP contribution in [-0.2, 0) is 22.9 Å². The van der Waals surface area contributed by atoms with Crippen molar-refractivity contribution in [2.45, 2.75) is 44.5 Å². The van der Waals surface area contributed by atoms with E-state index in [1.54, 1.807) is 26.0 Å². The number of hydrogen-bond acceptors (Lipinski definition) is 5. The van der Waals surface area contributed by atoms with Crippen molar-refractivity contribution in [3.05, 3.63) is 68.9 Å². The molecule has 1 N–H and O–H groups in total. The monoisotopic (exact) mass is 475 g/mol. The van der Waals surface area contributed by atoms with Gasteiger partial charge >= 0.3 is 0 Å². The van der Waals surface area contributed by atoms with Crippen LogP contribution in [0.4, 0.5) is 4.39 Å². The van der Waals surface area contributed by atoms with Gasteiger partial charge in [-0.25, -0.2) is 12.8 Å². The second kappa shape index (κ2) is 8.40. The molecule has 0 unspecified atom stereocenters.